The molecule has 33 heavy (non-hydrogen) atoms. The fraction of sp³-hybridized carbons (Fsp3) is 0.333. The average molecular weight is 517 g/mol. The maximum Gasteiger partial charge on any atom is 2.00 e. The molecular weight excluding hydrogens is 494 g/mol. The van der Waals surface area contributed by atoms with E-state index in [1.54, 1.807) is 24.8 Å². The molecule has 15 heteroatoms. The predicted molar refractivity (Wildman–Crippen MR) is 117 cm³/mol. The molecule has 0 amide bonds. The fourth-order valence-corrected chi connectivity index (χ4v) is 2.74. The van der Waals surface area contributed by atoms with E-state index in [9.17, 15) is 5.11 Å². The first-order chi connectivity index (χ1) is 14.8. The van der Waals surface area contributed by atoms with Crippen LogP contribution in [0.2, 0.25) is 0 Å². The van der Waals surface area contributed by atoms with E-state index in [0.29, 0.717) is 12.8 Å². The van der Waals surface area contributed by atoms with Crippen LogP contribution in [-0.4, -0.2) is 55.9 Å². The van der Waals surface area contributed by atoms with Gasteiger partial charge >= 0.3 is 19.5 Å². The summed E-state index contributed by atoms with van der Waals surface area (Å²) in [6.07, 6.45) is 8.89. The normalized spacial score (nSPS) is 19.0. The minimum atomic E-state index is -1.75. The van der Waals surface area contributed by atoms with Crippen LogP contribution in [0.1, 0.15) is 30.7 Å². The minimum absolute atomic E-state index is 0. The van der Waals surface area contributed by atoms with Gasteiger partial charge in [0.2, 0.25) is 0 Å². The number of nitrogens with zero attached hydrogens (tertiary/aromatic N) is 6. The van der Waals surface area contributed by atoms with E-state index in [0.717, 1.165) is 17.8 Å². The molecular formula is C18H23N6O8Zn+. The third kappa shape index (κ3) is 16.9. The fourth-order valence-electron chi connectivity index (χ4n) is 2.74. The first kappa shape index (κ1) is 31.8. The Labute approximate surface area is 201 Å². The summed E-state index contributed by atoms with van der Waals surface area (Å²) in [5, 5.41) is 39.6. The Morgan fingerprint density at radius 1 is 0.818 bits per heavy atom. The Bertz CT molecular complexity index is 782. The topological polar surface area (TPSA) is 236 Å². The van der Waals surface area contributed by atoms with Gasteiger partial charge in [-0.3, -0.25) is 20.0 Å². The minimum Gasteiger partial charge on any atom is -0.457 e. The molecule has 14 nitrogen and oxygen atoms in total. The van der Waals surface area contributed by atoms with Gasteiger partial charge in [-0.25, -0.2) is 0 Å². The van der Waals surface area contributed by atoms with Crippen molar-refractivity contribution in [1.82, 2.24) is 9.97 Å². The Kier molecular flexibility index (Phi) is 17.5. The molecule has 1 aliphatic carbocycles. The SMILES string of the molecule is O=[N+]([O-])[O-].O=[N+]([O-])[O-].OC1C[C@@H](N=Cc2ccccn2)C[C@@H](N=Cc2ccccn2)C1.[OH3+].[Zn+2]. The van der Waals surface area contributed by atoms with Gasteiger partial charge in [-0.15, -0.1) is 0 Å². The van der Waals surface area contributed by atoms with Crippen molar-refractivity contribution in [3.05, 3.63) is 90.8 Å². The van der Waals surface area contributed by atoms with E-state index in [4.69, 9.17) is 30.6 Å². The molecule has 1 unspecified atom stereocenters. The predicted octanol–water partition coefficient (Wildman–Crippen LogP) is 0.894. The quantitative estimate of drug-likeness (QED) is 0.199. The van der Waals surface area contributed by atoms with Gasteiger partial charge in [0.05, 0.1) is 39.7 Å². The van der Waals surface area contributed by atoms with Crippen molar-refractivity contribution in [3.63, 3.8) is 0 Å². The molecule has 0 bridgehead atoms. The second-order valence-electron chi connectivity index (χ2n) is 6.18. The molecule has 1 fully saturated rings. The number of pyridine rings is 2. The number of aliphatic hydroxyl groups excluding tert-OH is 1. The molecule has 0 radical (unpaired) electrons. The molecule has 174 valence electrons. The van der Waals surface area contributed by atoms with Crippen molar-refractivity contribution in [2.45, 2.75) is 37.5 Å². The van der Waals surface area contributed by atoms with Crippen LogP contribution < -0.4 is 0 Å². The molecule has 0 saturated heterocycles. The van der Waals surface area contributed by atoms with Crippen LogP contribution in [0.15, 0.2) is 58.8 Å². The van der Waals surface area contributed by atoms with Gasteiger partial charge in [-0.2, -0.15) is 0 Å². The Morgan fingerprint density at radius 3 is 1.48 bits per heavy atom. The van der Waals surface area contributed by atoms with Gasteiger partial charge in [-0.05, 0) is 43.5 Å². The number of aliphatic hydroxyl groups is 1. The van der Waals surface area contributed by atoms with Crippen molar-refractivity contribution in [1.29, 1.82) is 0 Å². The number of aromatic nitrogens is 2. The smallest absolute Gasteiger partial charge is 0.457 e. The average Bonchev–Trinajstić information content (AvgIpc) is 2.71. The van der Waals surface area contributed by atoms with Crippen molar-refractivity contribution in [2.75, 3.05) is 0 Å². The summed E-state index contributed by atoms with van der Waals surface area (Å²) in [4.78, 5) is 34.1. The maximum absolute atomic E-state index is 10.1. The summed E-state index contributed by atoms with van der Waals surface area (Å²) in [5.74, 6) is 0. The summed E-state index contributed by atoms with van der Waals surface area (Å²) >= 11 is 0. The van der Waals surface area contributed by atoms with Gasteiger partial charge in [0.25, 0.3) is 0 Å². The molecule has 1 aliphatic rings. The monoisotopic (exact) mass is 515 g/mol. The second-order valence-corrected chi connectivity index (χ2v) is 6.18. The Hall–Kier alpha value is -3.42. The van der Waals surface area contributed by atoms with Crippen LogP contribution >= 0.6 is 0 Å². The van der Waals surface area contributed by atoms with Crippen molar-refractivity contribution < 1.29 is 40.2 Å². The van der Waals surface area contributed by atoms with Crippen molar-refractivity contribution in [2.24, 2.45) is 9.98 Å². The third-order valence-electron chi connectivity index (χ3n) is 3.84. The summed E-state index contributed by atoms with van der Waals surface area (Å²) < 4.78 is 0. The molecule has 4 N–H and O–H groups in total. The molecule has 2 aromatic heterocycles. The standard InChI is InChI=1S/C18H20N4O.2NO3.H2O.Zn/c23-18-10-16(21-12-14-5-1-3-7-19-14)9-17(11-18)22-13-15-6-2-4-8-20-15;2*2-1(3)4;;/h1-8,12-13,16-18,23H,9-11H2;;;1H2;/q;2*-1;;+2/p+1/t16-,17+,18?;;;;. The van der Waals surface area contributed by atoms with Crippen molar-refractivity contribution in [3.8, 4) is 0 Å². The van der Waals surface area contributed by atoms with Gasteiger partial charge in [-0.1, -0.05) is 12.1 Å². The molecule has 3 rings (SSSR count). The number of hydrogen-bond acceptors (Lipinski definition) is 11. The molecule has 2 heterocycles. The van der Waals surface area contributed by atoms with E-state index < -0.39 is 10.2 Å². The molecule has 3 atom stereocenters. The van der Waals surface area contributed by atoms with Crippen molar-refractivity contribution >= 4 is 12.4 Å². The summed E-state index contributed by atoms with van der Waals surface area (Å²) in [7, 11) is 0. The zero-order chi connectivity index (χ0) is 23.1. The van der Waals surface area contributed by atoms with Gasteiger partial charge < -0.3 is 41.2 Å². The summed E-state index contributed by atoms with van der Waals surface area (Å²) in [5.41, 5.74) is 1.67. The number of aliphatic imine (C=N–C) groups is 2. The molecule has 0 aliphatic heterocycles. The van der Waals surface area contributed by atoms with Crippen LogP contribution in [0.4, 0.5) is 0 Å². The van der Waals surface area contributed by atoms with Crippen LogP contribution in [0, 0.1) is 30.6 Å². The van der Waals surface area contributed by atoms with Gasteiger partial charge in [0.15, 0.2) is 0 Å². The summed E-state index contributed by atoms with van der Waals surface area (Å²) in [6.45, 7) is 0. The zero-order valence-corrected chi connectivity index (χ0v) is 20.5. The number of hydrogen-bond donors (Lipinski definition) is 1. The van der Waals surface area contributed by atoms with Crippen LogP contribution in [-0.2, 0) is 25.0 Å². The first-order valence-corrected chi connectivity index (χ1v) is 8.95. The van der Waals surface area contributed by atoms with E-state index >= 15 is 0 Å². The third-order valence-corrected chi connectivity index (χ3v) is 3.84. The van der Waals surface area contributed by atoms with Gasteiger partial charge in [0, 0.05) is 24.8 Å². The largest absolute Gasteiger partial charge is 2.00 e. The maximum atomic E-state index is 10.1. The first-order valence-electron chi connectivity index (χ1n) is 8.95. The molecule has 2 aromatic rings. The van der Waals surface area contributed by atoms with Crippen LogP contribution in [0.3, 0.4) is 0 Å². The Balaban J connectivity index is 0. The molecule has 1 saturated carbocycles. The van der Waals surface area contributed by atoms with E-state index in [-0.39, 0.29) is 43.1 Å². The van der Waals surface area contributed by atoms with Crippen LogP contribution in [0.5, 0.6) is 0 Å². The molecule has 0 spiro atoms. The molecule has 0 aromatic carbocycles. The summed E-state index contributed by atoms with van der Waals surface area (Å²) in [6, 6.07) is 11.6. The van der Waals surface area contributed by atoms with E-state index in [2.05, 4.69) is 20.0 Å². The number of rotatable bonds is 4. The second kappa shape index (κ2) is 18.2. The van der Waals surface area contributed by atoms with Gasteiger partial charge in [0.1, 0.15) is 0 Å². The van der Waals surface area contributed by atoms with E-state index in [1.807, 2.05) is 36.4 Å². The zero-order valence-electron chi connectivity index (χ0n) is 17.5. The van der Waals surface area contributed by atoms with Crippen LogP contribution in [0.25, 0.3) is 0 Å². The van der Waals surface area contributed by atoms with E-state index in [1.165, 1.54) is 0 Å². The Morgan fingerprint density at radius 2 is 1.18 bits per heavy atom.